The molecule has 0 aliphatic heterocycles. The lowest BCUT2D eigenvalue weighted by Gasteiger charge is -2.24. The summed E-state index contributed by atoms with van der Waals surface area (Å²) in [5, 5.41) is 11.4. The first-order chi connectivity index (χ1) is 9.51. The number of carboxylic acids is 1. The van der Waals surface area contributed by atoms with Crippen LogP contribution in [0.1, 0.15) is 26.7 Å². The number of para-hydroxylation sites is 1. The van der Waals surface area contributed by atoms with Crippen LogP contribution in [0.4, 0.5) is 14.9 Å². The summed E-state index contributed by atoms with van der Waals surface area (Å²) < 4.78 is 13.7. The SMILES string of the molecule is CCCC(NC(=O)N(CC)c1ccccc1F)C(=O)O. The Morgan fingerprint density at radius 3 is 2.50 bits per heavy atom. The van der Waals surface area contributed by atoms with E-state index in [1.807, 2.05) is 6.92 Å². The third-order valence-electron chi connectivity index (χ3n) is 2.88. The van der Waals surface area contributed by atoms with Crippen molar-refractivity contribution in [2.24, 2.45) is 0 Å². The van der Waals surface area contributed by atoms with Crippen LogP contribution in [-0.4, -0.2) is 29.7 Å². The second-order valence-electron chi connectivity index (χ2n) is 4.32. The van der Waals surface area contributed by atoms with Crippen LogP contribution in [0.3, 0.4) is 0 Å². The van der Waals surface area contributed by atoms with Gasteiger partial charge in [0.15, 0.2) is 0 Å². The fraction of sp³-hybridized carbons (Fsp3) is 0.429. The minimum atomic E-state index is -1.09. The molecule has 0 radical (unpaired) electrons. The summed E-state index contributed by atoms with van der Waals surface area (Å²) in [5.74, 6) is -1.61. The number of rotatable bonds is 6. The van der Waals surface area contributed by atoms with E-state index in [2.05, 4.69) is 5.32 Å². The first kappa shape index (κ1) is 15.9. The Morgan fingerprint density at radius 1 is 1.35 bits per heavy atom. The van der Waals surface area contributed by atoms with Gasteiger partial charge in [0, 0.05) is 6.54 Å². The molecule has 1 unspecified atom stereocenters. The van der Waals surface area contributed by atoms with Crippen molar-refractivity contribution < 1.29 is 19.1 Å². The molecule has 0 aromatic heterocycles. The van der Waals surface area contributed by atoms with Crippen LogP contribution in [-0.2, 0) is 4.79 Å². The minimum Gasteiger partial charge on any atom is -0.480 e. The van der Waals surface area contributed by atoms with Crippen molar-refractivity contribution in [3.8, 4) is 0 Å². The molecule has 0 aliphatic rings. The summed E-state index contributed by atoms with van der Waals surface area (Å²) in [6, 6.07) is 4.31. The van der Waals surface area contributed by atoms with Gasteiger partial charge in [0.2, 0.25) is 0 Å². The van der Waals surface area contributed by atoms with Gasteiger partial charge >= 0.3 is 12.0 Å². The van der Waals surface area contributed by atoms with E-state index in [1.165, 1.54) is 23.1 Å². The Hall–Kier alpha value is -2.11. The van der Waals surface area contributed by atoms with Crippen LogP contribution >= 0.6 is 0 Å². The van der Waals surface area contributed by atoms with E-state index in [0.29, 0.717) is 12.8 Å². The molecule has 1 aromatic rings. The number of nitrogens with one attached hydrogen (secondary N) is 1. The van der Waals surface area contributed by atoms with Crippen molar-refractivity contribution in [1.82, 2.24) is 5.32 Å². The second-order valence-corrected chi connectivity index (χ2v) is 4.32. The number of nitrogens with zero attached hydrogens (tertiary/aromatic N) is 1. The molecule has 0 spiro atoms. The van der Waals surface area contributed by atoms with Gasteiger partial charge in [-0.15, -0.1) is 0 Å². The minimum absolute atomic E-state index is 0.133. The van der Waals surface area contributed by atoms with E-state index in [1.54, 1.807) is 13.0 Å². The number of benzene rings is 1. The highest BCUT2D eigenvalue weighted by molar-refractivity contribution is 5.94. The van der Waals surface area contributed by atoms with Crippen LogP contribution in [0.15, 0.2) is 24.3 Å². The molecule has 0 heterocycles. The van der Waals surface area contributed by atoms with Crippen molar-refractivity contribution in [3.63, 3.8) is 0 Å². The molecule has 6 heteroatoms. The van der Waals surface area contributed by atoms with Crippen LogP contribution in [0.25, 0.3) is 0 Å². The number of carboxylic acid groups (broad SMARTS) is 1. The van der Waals surface area contributed by atoms with E-state index in [4.69, 9.17) is 5.11 Å². The molecule has 2 N–H and O–H groups in total. The largest absolute Gasteiger partial charge is 0.480 e. The number of hydrogen-bond acceptors (Lipinski definition) is 2. The van der Waals surface area contributed by atoms with Crippen molar-refractivity contribution in [1.29, 1.82) is 0 Å². The molecule has 110 valence electrons. The summed E-state index contributed by atoms with van der Waals surface area (Å²) in [7, 11) is 0. The molecule has 20 heavy (non-hydrogen) atoms. The summed E-state index contributed by atoms with van der Waals surface area (Å²) in [6.45, 7) is 3.77. The van der Waals surface area contributed by atoms with E-state index < -0.39 is 23.9 Å². The number of amides is 2. The number of anilines is 1. The average Bonchev–Trinajstić information content (AvgIpc) is 2.41. The van der Waals surface area contributed by atoms with Crippen molar-refractivity contribution in [2.45, 2.75) is 32.7 Å². The van der Waals surface area contributed by atoms with E-state index in [9.17, 15) is 14.0 Å². The smallest absolute Gasteiger partial charge is 0.326 e. The Bertz CT molecular complexity index is 479. The van der Waals surface area contributed by atoms with Gasteiger partial charge in [0.25, 0.3) is 0 Å². The monoisotopic (exact) mass is 282 g/mol. The summed E-state index contributed by atoms with van der Waals surface area (Å²) in [4.78, 5) is 24.3. The lowest BCUT2D eigenvalue weighted by atomic mass is 10.2. The number of hydrogen-bond donors (Lipinski definition) is 2. The maximum absolute atomic E-state index is 13.7. The average molecular weight is 282 g/mol. The molecule has 0 bridgehead atoms. The van der Waals surface area contributed by atoms with Crippen LogP contribution in [0.2, 0.25) is 0 Å². The van der Waals surface area contributed by atoms with E-state index >= 15 is 0 Å². The highest BCUT2D eigenvalue weighted by Gasteiger charge is 2.23. The van der Waals surface area contributed by atoms with Gasteiger partial charge < -0.3 is 10.4 Å². The number of halogens is 1. The molecule has 1 aromatic carbocycles. The Labute approximate surface area is 117 Å². The van der Waals surface area contributed by atoms with Gasteiger partial charge in [-0.25, -0.2) is 14.0 Å². The van der Waals surface area contributed by atoms with Crippen molar-refractivity contribution in [3.05, 3.63) is 30.1 Å². The summed E-state index contributed by atoms with van der Waals surface area (Å²) >= 11 is 0. The molecule has 2 amide bonds. The zero-order valence-corrected chi connectivity index (χ0v) is 11.6. The van der Waals surface area contributed by atoms with Crippen molar-refractivity contribution in [2.75, 3.05) is 11.4 Å². The number of carbonyl (C=O) groups excluding carboxylic acids is 1. The molecule has 0 aliphatic carbocycles. The zero-order valence-electron chi connectivity index (χ0n) is 11.6. The predicted molar refractivity (Wildman–Crippen MR) is 74.3 cm³/mol. The molecule has 0 saturated heterocycles. The van der Waals surface area contributed by atoms with Gasteiger partial charge in [-0.2, -0.15) is 0 Å². The van der Waals surface area contributed by atoms with Gasteiger partial charge in [-0.3, -0.25) is 4.90 Å². The molecule has 0 fully saturated rings. The maximum Gasteiger partial charge on any atom is 0.326 e. The maximum atomic E-state index is 13.7. The van der Waals surface area contributed by atoms with Gasteiger partial charge in [0.05, 0.1) is 5.69 Å². The number of urea groups is 1. The fourth-order valence-electron chi connectivity index (χ4n) is 1.87. The molecule has 0 saturated carbocycles. The highest BCUT2D eigenvalue weighted by Crippen LogP contribution is 2.18. The highest BCUT2D eigenvalue weighted by atomic mass is 19.1. The normalized spacial score (nSPS) is 11.8. The van der Waals surface area contributed by atoms with E-state index in [0.717, 1.165) is 0 Å². The third kappa shape index (κ3) is 3.94. The number of carbonyl (C=O) groups is 2. The van der Waals surface area contributed by atoms with E-state index in [-0.39, 0.29) is 12.2 Å². The first-order valence-electron chi connectivity index (χ1n) is 6.56. The Balaban J connectivity index is 2.87. The van der Waals surface area contributed by atoms with Gasteiger partial charge in [0.1, 0.15) is 11.9 Å². The summed E-state index contributed by atoms with van der Waals surface area (Å²) in [6.07, 6.45) is 0.957. The lowest BCUT2D eigenvalue weighted by Crippen LogP contribution is -2.48. The first-order valence-corrected chi connectivity index (χ1v) is 6.56. The molecule has 1 atom stereocenters. The molecule has 1 rings (SSSR count). The van der Waals surface area contributed by atoms with Crippen LogP contribution < -0.4 is 10.2 Å². The topological polar surface area (TPSA) is 69.6 Å². The van der Waals surface area contributed by atoms with Gasteiger partial charge in [-0.05, 0) is 25.5 Å². The zero-order chi connectivity index (χ0) is 15.1. The Morgan fingerprint density at radius 2 is 2.00 bits per heavy atom. The standard InChI is InChI=1S/C14H19FN2O3/c1-3-7-11(13(18)19)16-14(20)17(4-2)12-9-6-5-8-10(12)15/h5-6,8-9,11H,3-4,7H2,1-2H3,(H,16,20)(H,18,19). The molecular formula is C14H19FN2O3. The van der Waals surface area contributed by atoms with Gasteiger partial charge in [-0.1, -0.05) is 25.5 Å². The lowest BCUT2D eigenvalue weighted by molar-refractivity contribution is -0.139. The third-order valence-corrected chi connectivity index (χ3v) is 2.88. The van der Waals surface area contributed by atoms with Crippen LogP contribution in [0.5, 0.6) is 0 Å². The fourth-order valence-corrected chi connectivity index (χ4v) is 1.87. The van der Waals surface area contributed by atoms with Crippen molar-refractivity contribution >= 4 is 17.7 Å². The Kier molecular flexibility index (Phi) is 5.96. The number of aliphatic carboxylic acids is 1. The van der Waals surface area contributed by atoms with Crippen LogP contribution in [0, 0.1) is 5.82 Å². The molecule has 5 nitrogen and oxygen atoms in total. The summed E-state index contributed by atoms with van der Waals surface area (Å²) in [5.41, 5.74) is 0.133. The predicted octanol–water partition coefficient (Wildman–Crippen LogP) is 2.61. The second kappa shape index (κ2) is 7.47. The quantitative estimate of drug-likeness (QED) is 0.842. The molecular weight excluding hydrogens is 263 g/mol.